The first kappa shape index (κ1) is 27.1. The van der Waals surface area contributed by atoms with E-state index >= 15 is 0 Å². The van der Waals surface area contributed by atoms with E-state index in [1.807, 2.05) is 30.3 Å². The minimum absolute atomic E-state index is 0.138. The Hall–Kier alpha value is -2.99. The van der Waals surface area contributed by atoms with E-state index in [1.165, 1.54) is 11.1 Å². The molecule has 3 aromatic rings. The highest BCUT2D eigenvalue weighted by atomic mass is 16.4. The average Bonchev–Trinajstić information content (AvgIpc) is 2.91. The number of piperidine rings is 1. The van der Waals surface area contributed by atoms with Crippen molar-refractivity contribution in [1.82, 2.24) is 4.90 Å². The van der Waals surface area contributed by atoms with Crippen LogP contribution < -0.4 is 0 Å². The second-order valence-electron chi connectivity index (χ2n) is 10.8. The summed E-state index contributed by atoms with van der Waals surface area (Å²) in [6.07, 6.45) is 1.69. The van der Waals surface area contributed by atoms with E-state index in [0.29, 0.717) is 24.0 Å². The van der Waals surface area contributed by atoms with Gasteiger partial charge in [0.1, 0.15) is 0 Å². The van der Waals surface area contributed by atoms with Crippen LogP contribution in [0.5, 0.6) is 0 Å². The van der Waals surface area contributed by atoms with Crippen LogP contribution in [0.15, 0.2) is 84.9 Å². The summed E-state index contributed by atoms with van der Waals surface area (Å²) in [5.41, 5.74) is 2.74. The van der Waals surface area contributed by atoms with E-state index in [4.69, 9.17) is 0 Å². The summed E-state index contributed by atoms with van der Waals surface area (Å²) in [7, 11) is 0. The lowest BCUT2D eigenvalue weighted by Gasteiger charge is -2.43. The molecule has 0 radical (unpaired) electrons. The Bertz CT molecular complexity index is 1110. The minimum Gasteiger partial charge on any atom is -0.481 e. The number of carboxylic acids is 1. The Kier molecular flexibility index (Phi) is 8.80. The van der Waals surface area contributed by atoms with Gasteiger partial charge in [0.25, 0.3) is 0 Å². The Morgan fingerprint density at radius 3 is 2.11 bits per heavy atom. The number of likely N-dealkylation sites (tertiary alicyclic amines) is 1. The van der Waals surface area contributed by atoms with Gasteiger partial charge in [0.15, 0.2) is 0 Å². The smallest absolute Gasteiger partial charge is 0.313 e. The lowest BCUT2D eigenvalue weighted by atomic mass is 9.79. The number of carbonyl (C=O) groups is 1. The summed E-state index contributed by atoms with van der Waals surface area (Å²) in [6.45, 7) is 4.96. The van der Waals surface area contributed by atoms with E-state index < -0.39 is 17.5 Å². The van der Waals surface area contributed by atoms with Gasteiger partial charge in [-0.05, 0) is 68.3 Å². The minimum atomic E-state index is -1.08. The number of aliphatic carboxylic acids is 1. The van der Waals surface area contributed by atoms with E-state index in [-0.39, 0.29) is 18.1 Å². The van der Waals surface area contributed by atoms with Crippen molar-refractivity contribution in [2.75, 3.05) is 13.1 Å². The first-order valence-corrected chi connectivity index (χ1v) is 13.3. The van der Waals surface area contributed by atoms with Crippen molar-refractivity contribution >= 4 is 5.97 Å². The van der Waals surface area contributed by atoms with Gasteiger partial charge in [-0.25, -0.2) is 0 Å². The number of nitrogens with zero attached hydrogens (tertiary/aromatic N) is 1. The van der Waals surface area contributed by atoms with E-state index in [9.17, 15) is 20.1 Å². The van der Waals surface area contributed by atoms with E-state index in [2.05, 4.69) is 53.4 Å². The molecule has 0 spiro atoms. The van der Waals surface area contributed by atoms with Crippen LogP contribution >= 0.6 is 0 Å². The van der Waals surface area contributed by atoms with Gasteiger partial charge in [0.05, 0.1) is 17.6 Å². The molecule has 1 aliphatic heterocycles. The molecule has 4 rings (SSSR count). The fraction of sp³-hybridized carbons (Fsp3) is 0.406. The van der Waals surface area contributed by atoms with Crippen LogP contribution in [0, 0.1) is 0 Å². The number of aliphatic hydroxyl groups excluding tert-OH is 2. The Balaban J connectivity index is 1.51. The topological polar surface area (TPSA) is 81.0 Å². The molecule has 1 heterocycles. The summed E-state index contributed by atoms with van der Waals surface area (Å²) in [4.78, 5) is 14.3. The van der Waals surface area contributed by atoms with Crippen molar-refractivity contribution in [2.45, 2.75) is 69.1 Å². The molecule has 0 aromatic heterocycles. The molecule has 0 bridgehead atoms. The Morgan fingerprint density at radius 1 is 0.946 bits per heavy atom. The zero-order chi connectivity index (χ0) is 26.4. The Labute approximate surface area is 220 Å². The standard InChI is InChI=1S/C32H39NO4/c1-32(2,31(36)37)27-17-10-9-16-26(27)29(35)18-11-20-33-21-19-25(34)22-28(33)30(23-12-5-3-6-13-23)24-14-7-4-8-15-24/h3-10,12-17,25,28-30,34-35H,11,18-22H2,1-2H3,(H,36,37). The summed E-state index contributed by atoms with van der Waals surface area (Å²) in [6, 6.07) is 28.5. The first-order valence-electron chi connectivity index (χ1n) is 13.3. The van der Waals surface area contributed by atoms with Crippen LogP contribution in [0.2, 0.25) is 0 Å². The molecule has 1 saturated heterocycles. The molecular formula is C32H39NO4. The predicted octanol–water partition coefficient (Wildman–Crippen LogP) is 5.52. The van der Waals surface area contributed by atoms with Crippen LogP contribution in [-0.2, 0) is 10.2 Å². The second kappa shape index (κ2) is 12.0. The van der Waals surface area contributed by atoms with Gasteiger partial charge in [0.2, 0.25) is 0 Å². The number of hydrogen-bond donors (Lipinski definition) is 3. The van der Waals surface area contributed by atoms with Crippen molar-refractivity contribution in [2.24, 2.45) is 0 Å². The van der Waals surface area contributed by atoms with Crippen molar-refractivity contribution in [1.29, 1.82) is 0 Å². The SMILES string of the molecule is CC(C)(C(=O)O)c1ccccc1C(O)CCCN1CCC(O)CC1C(c1ccccc1)c1ccccc1. The van der Waals surface area contributed by atoms with Gasteiger partial charge in [-0.1, -0.05) is 84.9 Å². The van der Waals surface area contributed by atoms with Gasteiger partial charge < -0.3 is 15.3 Å². The molecule has 3 N–H and O–H groups in total. The molecule has 5 nitrogen and oxygen atoms in total. The Morgan fingerprint density at radius 2 is 1.51 bits per heavy atom. The van der Waals surface area contributed by atoms with Crippen molar-refractivity contribution in [3.63, 3.8) is 0 Å². The van der Waals surface area contributed by atoms with Crippen LogP contribution in [-0.4, -0.2) is 51.4 Å². The van der Waals surface area contributed by atoms with E-state index in [1.54, 1.807) is 19.9 Å². The fourth-order valence-electron chi connectivity index (χ4n) is 5.72. The molecule has 0 saturated carbocycles. The molecule has 196 valence electrons. The van der Waals surface area contributed by atoms with Gasteiger partial charge in [-0.2, -0.15) is 0 Å². The summed E-state index contributed by atoms with van der Waals surface area (Å²) in [5, 5.41) is 31.5. The number of rotatable bonds is 10. The summed E-state index contributed by atoms with van der Waals surface area (Å²) in [5.74, 6) is -0.769. The molecular weight excluding hydrogens is 462 g/mol. The molecule has 3 unspecified atom stereocenters. The van der Waals surface area contributed by atoms with Crippen molar-refractivity contribution < 1.29 is 20.1 Å². The van der Waals surface area contributed by atoms with Crippen LogP contribution in [0.4, 0.5) is 0 Å². The number of benzene rings is 3. The predicted molar refractivity (Wildman–Crippen MR) is 147 cm³/mol. The first-order chi connectivity index (χ1) is 17.8. The molecule has 3 aromatic carbocycles. The zero-order valence-corrected chi connectivity index (χ0v) is 21.8. The average molecular weight is 502 g/mol. The molecule has 1 aliphatic rings. The lowest BCUT2D eigenvalue weighted by Crippen LogP contribution is -2.48. The zero-order valence-electron chi connectivity index (χ0n) is 21.8. The van der Waals surface area contributed by atoms with Crippen LogP contribution in [0.25, 0.3) is 0 Å². The summed E-state index contributed by atoms with van der Waals surface area (Å²) < 4.78 is 0. The van der Waals surface area contributed by atoms with Gasteiger partial charge in [-0.3, -0.25) is 9.69 Å². The molecule has 3 atom stereocenters. The second-order valence-corrected chi connectivity index (χ2v) is 10.8. The highest BCUT2D eigenvalue weighted by Gasteiger charge is 2.36. The highest BCUT2D eigenvalue weighted by Crippen LogP contribution is 2.37. The van der Waals surface area contributed by atoms with Crippen LogP contribution in [0.3, 0.4) is 0 Å². The lowest BCUT2D eigenvalue weighted by molar-refractivity contribution is -0.142. The number of aliphatic hydroxyl groups is 2. The maximum absolute atomic E-state index is 11.9. The quantitative estimate of drug-likeness (QED) is 0.341. The van der Waals surface area contributed by atoms with E-state index in [0.717, 1.165) is 25.9 Å². The van der Waals surface area contributed by atoms with Gasteiger partial charge in [0, 0.05) is 18.5 Å². The molecule has 5 heteroatoms. The highest BCUT2D eigenvalue weighted by molar-refractivity contribution is 5.80. The largest absolute Gasteiger partial charge is 0.481 e. The number of hydrogen-bond acceptors (Lipinski definition) is 4. The third-order valence-corrected chi connectivity index (χ3v) is 7.88. The summed E-state index contributed by atoms with van der Waals surface area (Å²) >= 11 is 0. The van der Waals surface area contributed by atoms with Crippen molar-refractivity contribution in [3.05, 3.63) is 107 Å². The third-order valence-electron chi connectivity index (χ3n) is 7.88. The fourth-order valence-corrected chi connectivity index (χ4v) is 5.72. The van der Waals surface area contributed by atoms with Crippen molar-refractivity contribution in [3.8, 4) is 0 Å². The molecule has 0 aliphatic carbocycles. The molecule has 37 heavy (non-hydrogen) atoms. The maximum atomic E-state index is 11.9. The normalized spacial score (nSPS) is 19.6. The van der Waals surface area contributed by atoms with Crippen LogP contribution in [0.1, 0.15) is 73.8 Å². The third kappa shape index (κ3) is 6.30. The maximum Gasteiger partial charge on any atom is 0.313 e. The molecule has 1 fully saturated rings. The van der Waals surface area contributed by atoms with Gasteiger partial charge >= 0.3 is 5.97 Å². The van der Waals surface area contributed by atoms with Gasteiger partial charge in [-0.15, -0.1) is 0 Å². The monoisotopic (exact) mass is 501 g/mol. The number of carboxylic acid groups (broad SMARTS) is 1. The molecule has 0 amide bonds.